The van der Waals surface area contributed by atoms with Crippen molar-refractivity contribution in [3.63, 3.8) is 0 Å². The maximum atomic E-state index is 12.2. The number of rotatable bonds is 8. The van der Waals surface area contributed by atoms with Crippen LogP contribution in [0.5, 0.6) is 0 Å². The summed E-state index contributed by atoms with van der Waals surface area (Å²) >= 11 is 0. The molecule has 1 aliphatic heterocycles. The van der Waals surface area contributed by atoms with Crippen LogP contribution in [0.3, 0.4) is 0 Å². The van der Waals surface area contributed by atoms with Gasteiger partial charge >= 0.3 is 6.03 Å². The van der Waals surface area contributed by atoms with Gasteiger partial charge in [0.05, 0.1) is 0 Å². The Morgan fingerprint density at radius 2 is 1.83 bits per heavy atom. The third-order valence-electron chi connectivity index (χ3n) is 4.80. The number of nitrogens with one attached hydrogen (secondary N) is 3. The van der Waals surface area contributed by atoms with Crippen LogP contribution in [0.25, 0.3) is 0 Å². The van der Waals surface area contributed by atoms with Crippen LogP contribution in [0.2, 0.25) is 0 Å². The molecule has 1 fully saturated rings. The minimum atomic E-state index is -0.334. The van der Waals surface area contributed by atoms with Gasteiger partial charge in [-0.05, 0) is 41.8 Å². The molecular weight excluding hydrogens is 380 g/mol. The van der Waals surface area contributed by atoms with Gasteiger partial charge in [0.1, 0.15) is 0 Å². The van der Waals surface area contributed by atoms with Crippen molar-refractivity contribution in [3.05, 3.63) is 77.9 Å². The summed E-state index contributed by atoms with van der Waals surface area (Å²) in [5, 5.41) is 8.27. The van der Waals surface area contributed by atoms with Crippen molar-refractivity contribution in [1.29, 1.82) is 0 Å². The summed E-state index contributed by atoms with van der Waals surface area (Å²) in [5.41, 5.74) is 3.11. The molecule has 1 saturated heterocycles. The molecule has 0 bridgehead atoms. The molecule has 156 valence electrons. The normalized spacial score (nSPS) is 13.1. The van der Waals surface area contributed by atoms with Gasteiger partial charge < -0.3 is 20.9 Å². The van der Waals surface area contributed by atoms with Crippen molar-refractivity contribution < 1.29 is 14.4 Å². The molecule has 0 unspecified atom stereocenters. The van der Waals surface area contributed by atoms with Crippen LogP contribution in [0.15, 0.2) is 61.2 Å². The zero-order chi connectivity index (χ0) is 21.3. The molecule has 1 aliphatic rings. The van der Waals surface area contributed by atoms with E-state index in [0.29, 0.717) is 37.3 Å². The van der Waals surface area contributed by atoms with Gasteiger partial charge in [-0.3, -0.25) is 9.59 Å². The van der Waals surface area contributed by atoms with Crippen molar-refractivity contribution >= 4 is 23.5 Å². The number of likely N-dealkylation sites (tertiary alicyclic amines) is 1. The van der Waals surface area contributed by atoms with Gasteiger partial charge in [-0.1, -0.05) is 30.3 Å². The summed E-state index contributed by atoms with van der Waals surface area (Å²) in [6, 6.07) is 14.2. The summed E-state index contributed by atoms with van der Waals surface area (Å²) < 4.78 is 0. The monoisotopic (exact) mass is 406 g/mol. The molecule has 0 aliphatic carbocycles. The van der Waals surface area contributed by atoms with Crippen LogP contribution in [-0.2, 0) is 17.9 Å². The average Bonchev–Trinajstić information content (AvgIpc) is 3.15. The standard InChI is InChI=1S/C23H26N4O3/c1-2-12-24-22(29)19-8-10-20(11-9-19)26-23(30)25-15-17-5-3-6-18(14-17)16-27-13-4-7-21(27)28/h2-3,5-6,8-11,14H,1,4,7,12-13,15-16H2,(H,24,29)(H2,25,26,30). The van der Waals surface area contributed by atoms with Crippen molar-refractivity contribution in [2.75, 3.05) is 18.4 Å². The van der Waals surface area contributed by atoms with Gasteiger partial charge in [-0.2, -0.15) is 0 Å². The molecule has 2 aromatic rings. The molecule has 4 amide bonds. The zero-order valence-corrected chi connectivity index (χ0v) is 16.8. The zero-order valence-electron chi connectivity index (χ0n) is 16.8. The Morgan fingerprint density at radius 3 is 2.53 bits per heavy atom. The predicted molar refractivity (Wildman–Crippen MR) is 116 cm³/mol. The second-order valence-electron chi connectivity index (χ2n) is 7.12. The van der Waals surface area contributed by atoms with Crippen molar-refractivity contribution in [3.8, 4) is 0 Å². The summed E-state index contributed by atoms with van der Waals surface area (Å²) in [7, 11) is 0. The van der Waals surface area contributed by atoms with Crippen molar-refractivity contribution in [2.45, 2.75) is 25.9 Å². The van der Waals surface area contributed by atoms with E-state index in [9.17, 15) is 14.4 Å². The van der Waals surface area contributed by atoms with Crippen LogP contribution in [-0.4, -0.2) is 35.8 Å². The number of amides is 4. The van der Waals surface area contributed by atoms with E-state index in [4.69, 9.17) is 0 Å². The highest BCUT2D eigenvalue weighted by Gasteiger charge is 2.19. The van der Waals surface area contributed by atoms with Crippen LogP contribution >= 0.6 is 0 Å². The molecule has 7 heteroatoms. The Labute approximate surface area is 176 Å². The van der Waals surface area contributed by atoms with E-state index >= 15 is 0 Å². The maximum Gasteiger partial charge on any atom is 0.319 e. The van der Waals surface area contributed by atoms with Crippen LogP contribution in [0.4, 0.5) is 10.5 Å². The fraction of sp³-hybridized carbons (Fsp3) is 0.261. The Balaban J connectivity index is 1.48. The van der Waals surface area contributed by atoms with Crippen LogP contribution in [0, 0.1) is 0 Å². The largest absolute Gasteiger partial charge is 0.349 e. The van der Waals surface area contributed by atoms with E-state index in [1.54, 1.807) is 30.3 Å². The van der Waals surface area contributed by atoms with E-state index in [2.05, 4.69) is 22.5 Å². The second-order valence-corrected chi connectivity index (χ2v) is 7.12. The first-order valence-corrected chi connectivity index (χ1v) is 9.95. The molecule has 0 atom stereocenters. The topological polar surface area (TPSA) is 90.5 Å². The first-order valence-electron chi connectivity index (χ1n) is 9.95. The highest BCUT2D eigenvalue weighted by atomic mass is 16.2. The van der Waals surface area contributed by atoms with Gasteiger partial charge in [0.15, 0.2) is 0 Å². The molecule has 3 rings (SSSR count). The lowest BCUT2D eigenvalue weighted by Gasteiger charge is -2.16. The highest BCUT2D eigenvalue weighted by Crippen LogP contribution is 2.15. The SMILES string of the molecule is C=CCNC(=O)c1ccc(NC(=O)NCc2cccc(CN3CCCC3=O)c2)cc1. The Bertz CT molecular complexity index is 924. The third kappa shape index (κ3) is 5.94. The maximum absolute atomic E-state index is 12.2. The molecule has 0 radical (unpaired) electrons. The first kappa shape index (κ1) is 21.1. The van der Waals surface area contributed by atoms with Gasteiger partial charge in [0, 0.05) is 43.9 Å². The quantitative estimate of drug-likeness (QED) is 0.589. The number of hydrogen-bond donors (Lipinski definition) is 3. The lowest BCUT2D eigenvalue weighted by molar-refractivity contribution is -0.128. The Morgan fingerprint density at radius 1 is 1.07 bits per heavy atom. The predicted octanol–water partition coefficient (Wildman–Crippen LogP) is 3.05. The molecule has 7 nitrogen and oxygen atoms in total. The molecule has 0 aromatic heterocycles. The van der Waals surface area contributed by atoms with Gasteiger partial charge in [0.2, 0.25) is 5.91 Å². The number of carbonyl (C=O) groups is 3. The molecular formula is C23H26N4O3. The van der Waals surface area contributed by atoms with E-state index < -0.39 is 0 Å². The van der Waals surface area contributed by atoms with Gasteiger partial charge in [-0.25, -0.2) is 4.79 Å². The first-order chi connectivity index (χ1) is 14.5. The Kier molecular flexibility index (Phi) is 7.21. The fourth-order valence-electron chi connectivity index (χ4n) is 3.26. The number of nitrogens with zero attached hydrogens (tertiary/aromatic N) is 1. The third-order valence-corrected chi connectivity index (χ3v) is 4.80. The Hall–Kier alpha value is -3.61. The number of urea groups is 1. The summed E-state index contributed by atoms with van der Waals surface area (Å²) in [6.45, 7) is 5.74. The minimum absolute atomic E-state index is 0.193. The smallest absolute Gasteiger partial charge is 0.319 e. The van der Waals surface area contributed by atoms with E-state index in [-0.39, 0.29) is 17.8 Å². The minimum Gasteiger partial charge on any atom is -0.349 e. The van der Waals surface area contributed by atoms with E-state index in [1.807, 2.05) is 29.2 Å². The molecule has 0 saturated carbocycles. The van der Waals surface area contributed by atoms with Gasteiger partial charge in [-0.15, -0.1) is 6.58 Å². The number of carbonyl (C=O) groups excluding carboxylic acids is 3. The van der Waals surface area contributed by atoms with Gasteiger partial charge in [0.25, 0.3) is 5.91 Å². The molecule has 0 spiro atoms. The lowest BCUT2D eigenvalue weighted by atomic mass is 10.1. The van der Waals surface area contributed by atoms with Crippen molar-refractivity contribution in [1.82, 2.24) is 15.5 Å². The molecule has 3 N–H and O–H groups in total. The highest BCUT2D eigenvalue weighted by molar-refractivity contribution is 5.95. The lowest BCUT2D eigenvalue weighted by Crippen LogP contribution is -2.28. The van der Waals surface area contributed by atoms with E-state index in [1.165, 1.54) is 0 Å². The molecule has 2 aromatic carbocycles. The molecule has 30 heavy (non-hydrogen) atoms. The van der Waals surface area contributed by atoms with Crippen LogP contribution in [0.1, 0.15) is 34.3 Å². The second kappa shape index (κ2) is 10.2. The number of hydrogen-bond acceptors (Lipinski definition) is 3. The summed E-state index contributed by atoms with van der Waals surface area (Å²) in [6.07, 6.45) is 3.16. The fourth-order valence-corrected chi connectivity index (χ4v) is 3.26. The summed E-state index contributed by atoms with van der Waals surface area (Å²) in [5.74, 6) is 0.00326. The number of benzene rings is 2. The van der Waals surface area contributed by atoms with E-state index in [0.717, 1.165) is 24.1 Å². The van der Waals surface area contributed by atoms with Crippen molar-refractivity contribution in [2.24, 2.45) is 0 Å². The molecule has 1 heterocycles. The summed E-state index contributed by atoms with van der Waals surface area (Å²) in [4.78, 5) is 37.7. The van der Waals surface area contributed by atoms with Crippen LogP contribution < -0.4 is 16.0 Å². The average molecular weight is 406 g/mol. The number of anilines is 1.